The Labute approximate surface area is 159 Å². The van der Waals surface area contributed by atoms with Crippen LogP contribution in [0.2, 0.25) is 10.0 Å². The molecule has 0 aliphatic rings. The summed E-state index contributed by atoms with van der Waals surface area (Å²) in [6.07, 6.45) is 0.277. The number of nitrogens with zero attached hydrogens (tertiary/aromatic N) is 2. The van der Waals surface area contributed by atoms with Crippen LogP contribution in [-0.4, -0.2) is 27.9 Å². The smallest absolute Gasteiger partial charge is 0.359 e. The minimum atomic E-state index is -1.04. The second-order valence-electron chi connectivity index (χ2n) is 5.41. The van der Waals surface area contributed by atoms with Crippen molar-refractivity contribution in [2.75, 3.05) is 5.32 Å². The summed E-state index contributed by atoms with van der Waals surface area (Å²) in [5.74, 6) is -1.24. The van der Waals surface area contributed by atoms with Crippen molar-refractivity contribution in [3.8, 4) is 0 Å². The van der Waals surface area contributed by atoms with Gasteiger partial charge in [0.2, 0.25) is 0 Å². The third-order valence-electron chi connectivity index (χ3n) is 3.50. The normalized spacial score (nSPS) is 11.8. The Morgan fingerprint density at radius 3 is 2.54 bits per heavy atom. The average Bonchev–Trinajstić information content (AvgIpc) is 2.64. The van der Waals surface area contributed by atoms with Gasteiger partial charge in [-0.3, -0.25) is 9.78 Å². The third kappa shape index (κ3) is 4.09. The zero-order valence-corrected chi connectivity index (χ0v) is 15.1. The van der Waals surface area contributed by atoms with Crippen molar-refractivity contribution in [3.63, 3.8) is 0 Å². The summed E-state index contributed by atoms with van der Waals surface area (Å²) in [7, 11) is 0. The number of fused-ring (bicyclic) bond motifs is 1. The molecule has 3 rings (SSSR count). The van der Waals surface area contributed by atoms with E-state index in [1.807, 2.05) is 6.07 Å². The number of ether oxygens (including phenoxy) is 1. The largest absolute Gasteiger partial charge is 0.448 e. The van der Waals surface area contributed by atoms with Crippen LogP contribution in [0.5, 0.6) is 0 Å². The lowest BCUT2D eigenvalue weighted by Gasteiger charge is -2.13. The number of carbonyl (C=O) groups excluding carboxylic acids is 2. The van der Waals surface area contributed by atoms with E-state index in [9.17, 15) is 9.59 Å². The standard InChI is InChI=1S/C18H13Cl2N3O3/c1-10(17(24)22-11-6-7-12(19)13(20)8-11)26-18(25)16-9-21-14-4-2-3-5-15(14)23-16/h2-10H,1H3,(H,22,24). The molecule has 1 aromatic heterocycles. The van der Waals surface area contributed by atoms with Crippen molar-refractivity contribution in [2.24, 2.45) is 0 Å². The number of rotatable bonds is 4. The van der Waals surface area contributed by atoms with Crippen molar-refractivity contribution < 1.29 is 14.3 Å². The highest BCUT2D eigenvalue weighted by Gasteiger charge is 2.20. The van der Waals surface area contributed by atoms with Crippen molar-refractivity contribution in [2.45, 2.75) is 13.0 Å². The fraction of sp³-hybridized carbons (Fsp3) is 0.111. The van der Waals surface area contributed by atoms with Crippen LogP contribution in [0, 0.1) is 0 Å². The first kappa shape index (κ1) is 18.1. The molecule has 1 N–H and O–H groups in total. The number of aromatic nitrogens is 2. The molecule has 1 amide bonds. The molecule has 3 aromatic rings. The van der Waals surface area contributed by atoms with E-state index in [1.54, 1.807) is 30.3 Å². The van der Waals surface area contributed by atoms with Crippen molar-refractivity contribution >= 4 is 51.8 Å². The lowest BCUT2D eigenvalue weighted by Crippen LogP contribution is -2.30. The van der Waals surface area contributed by atoms with Crippen LogP contribution < -0.4 is 5.32 Å². The molecule has 0 radical (unpaired) electrons. The molecule has 1 atom stereocenters. The summed E-state index contributed by atoms with van der Waals surface area (Å²) >= 11 is 11.7. The summed E-state index contributed by atoms with van der Waals surface area (Å²) < 4.78 is 5.16. The van der Waals surface area contributed by atoms with Gasteiger partial charge in [0.25, 0.3) is 5.91 Å². The molecule has 1 unspecified atom stereocenters. The zero-order chi connectivity index (χ0) is 18.7. The number of amides is 1. The summed E-state index contributed by atoms with van der Waals surface area (Å²) in [5, 5.41) is 3.28. The van der Waals surface area contributed by atoms with E-state index in [4.69, 9.17) is 27.9 Å². The Balaban J connectivity index is 1.67. The van der Waals surface area contributed by atoms with Crippen molar-refractivity contribution in [3.05, 3.63) is 64.4 Å². The fourth-order valence-electron chi connectivity index (χ4n) is 2.15. The van der Waals surface area contributed by atoms with E-state index in [0.717, 1.165) is 0 Å². The van der Waals surface area contributed by atoms with E-state index in [1.165, 1.54) is 19.2 Å². The first-order valence-electron chi connectivity index (χ1n) is 7.63. The molecule has 26 heavy (non-hydrogen) atoms. The molecule has 1 heterocycles. The number of nitrogens with one attached hydrogen (secondary N) is 1. The molecule has 0 bridgehead atoms. The molecule has 0 saturated carbocycles. The Kier molecular flexibility index (Phi) is 5.35. The maximum absolute atomic E-state index is 12.2. The molecule has 6 nitrogen and oxygen atoms in total. The SMILES string of the molecule is CC(OC(=O)c1cnc2ccccc2n1)C(=O)Nc1ccc(Cl)c(Cl)c1. The summed E-state index contributed by atoms with van der Waals surface area (Å²) in [4.78, 5) is 32.7. The molecule has 0 aliphatic carbocycles. The molecular formula is C18H13Cl2N3O3. The molecule has 0 saturated heterocycles. The van der Waals surface area contributed by atoms with Crippen LogP contribution in [-0.2, 0) is 9.53 Å². The Bertz CT molecular complexity index is 994. The number of anilines is 1. The van der Waals surface area contributed by atoms with E-state index in [2.05, 4.69) is 15.3 Å². The number of hydrogen-bond acceptors (Lipinski definition) is 5. The maximum Gasteiger partial charge on any atom is 0.359 e. The highest BCUT2D eigenvalue weighted by molar-refractivity contribution is 6.42. The van der Waals surface area contributed by atoms with Gasteiger partial charge in [-0.05, 0) is 37.3 Å². The van der Waals surface area contributed by atoms with E-state index >= 15 is 0 Å². The molecule has 0 aliphatic heterocycles. The summed E-state index contributed by atoms with van der Waals surface area (Å²) in [6.45, 7) is 1.46. The first-order chi connectivity index (χ1) is 12.4. The highest BCUT2D eigenvalue weighted by atomic mass is 35.5. The van der Waals surface area contributed by atoms with Crippen LogP contribution in [0.4, 0.5) is 5.69 Å². The quantitative estimate of drug-likeness (QED) is 0.678. The predicted octanol–water partition coefficient (Wildman–Crippen LogP) is 4.12. The van der Waals surface area contributed by atoms with Gasteiger partial charge in [0.1, 0.15) is 0 Å². The summed E-state index contributed by atoms with van der Waals surface area (Å²) in [6, 6.07) is 11.8. The maximum atomic E-state index is 12.2. The molecule has 2 aromatic carbocycles. The van der Waals surface area contributed by atoms with Crippen LogP contribution >= 0.6 is 23.2 Å². The van der Waals surface area contributed by atoms with Crippen LogP contribution in [0.1, 0.15) is 17.4 Å². The molecule has 8 heteroatoms. The van der Waals surface area contributed by atoms with Crippen LogP contribution in [0.15, 0.2) is 48.7 Å². The van der Waals surface area contributed by atoms with Gasteiger partial charge in [-0.15, -0.1) is 0 Å². The Morgan fingerprint density at radius 2 is 1.81 bits per heavy atom. The molecule has 132 valence electrons. The number of esters is 1. The van der Waals surface area contributed by atoms with Crippen molar-refractivity contribution in [1.29, 1.82) is 0 Å². The minimum absolute atomic E-state index is 0.0258. The van der Waals surface area contributed by atoms with Gasteiger partial charge in [-0.25, -0.2) is 9.78 Å². The Hall–Kier alpha value is -2.70. The van der Waals surface area contributed by atoms with Gasteiger partial charge in [0.05, 0.1) is 27.3 Å². The topological polar surface area (TPSA) is 81.2 Å². The zero-order valence-electron chi connectivity index (χ0n) is 13.6. The number of halogens is 2. The van der Waals surface area contributed by atoms with Gasteiger partial charge in [0, 0.05) is 5.69 Å². The molecule has 0 fully saturated rings. The number of benzene rings is 2. The van der Waals surface area contributed by atoms with Crippen molar-refractivity contribution in [1.82, 2.24) is 9.97 Å². The average molecular weight is 390 g/mol. The lowest BCUT2D eigenvalue weighted by molar-refractivity contribution is -0.123. The lowest BCUT2D eigenvalue weighted by atomic mass is 10.3. The van der Waals surface area contributed by atoms with Gasteiger partial charge >= 0.3 is 5.97 Å². The predicted molar refractivity (Wildman–Crippen MR) is 99.5 cm³/mol. The van der Waals surface area contributed by atoms with Gasteiger partial charge in [-0.1, -0.05) is 35.3 Å². The van der Waals surface area contributed by atoms with Gasteiger partial charge in [-0.2, -0.15) is 0 Å². The first-order valence-corrected chi connectivity index (χ1v) is 8.38. The van der Waals surface area contributed by atoms with Gasteiger partial charge < -0.3 is 10.1 Å². The van der Waals surface area contributed by atoms with Crippen LogP contribution in [0.3, 0.4) is 0 Å². The van der Waals surface area contributed by atoms with E-state index in [0.29, 0.717) is 26.8 Å². The van der Waals surface area contributed by atoms with Crippen LogP contribution in [0.25, 0.3) is 11.0 Å². The Morgan fingerprint density at radius 1 is 1.08 bits per heavy atom. The summed E-state index contributed by atoms with van der Waals surface area (Å²) in [5.41, 5.74) is 1.69. The fourth-order valence-corrected chi connectivity index (χ4v) is 2.45. The van der Waals surface area contributed by atoms with E-state index in [-0.39, 0.29) is 5.69 Å². The monoisotopic (exact) mass is 389 g/mol. The number of carbonyl (C=O) groups is 2. The molecular weight excluding hydrogens is 377 g/mol. The second-order valence-corrected chi connectivity index (χ2v) is 6.22. The second kappa shape index (κ2) is 7.68. The minimum Gasteiger partial charge on any atom is -0.448 e. The highest BCUT2D eigenvalue weighted by Crippen LogP contribution is 2.25. The molecule has 0 spiro atoms. The van der Waals surface area contributed by atoms with E-state index < -0.39 is 18.0 Å². The third-order valence-corrected chi connectivity index (χ3v) is 4.24. The number of para-hydroxylation sites is 2. The van der Waals surface area contributed by atoms with Gasteiger partial charge in [0.15, 0.2) is 11.8 Å². The number of hydrogen-bond donors (Lipinski definition) is 1.